The SMILES string of the molecule is OCCCCCCCCCCCCCCCCCCCCCCCCCC[SiH](Cl)Cl. The van der Waals surface area contributed by atoms with Gasteiger partial charge >= 0.3 is 0 Å². The Morgan fingerprint density at radius 1 is 0.333 bits per heavy atom. The number of rotatable bonds is 26. The molecule has 0 fully saturated rings. The highest BCUT2D eigenvalue weighted by Crippen LogP contribution is 2.16. The molecule has 0 aromatic carbocycles. The monoisotopic (exact) mass is 480 g/mol. The first-order valence-electron chi connectivity index (χ1n) is 13.7. The van der Waals surface area contributed by atoms with Crippen molar-refractivity contribution < 1.29 is 5.11 Å². The van der Waals surface area contributed by atoms with E-state index in [1.807, 2.05) is 0 Å². The largest absolute Gasteiger partial charge is 0.396 e. The van der Waals surface area contributed by atoms with E-state index in [1.54, 1.807) is 0 Å². The van der Waals surface area contributed by atoms with Crippen LogP contribution in [-0.2, 0) is 0 Å². The van der Waals surface area contributed by atoms with E-state index in [-0.39, 0.29) is 0 Å². The third kappa shape index (κ3) is 28.8. The lowest BCUT2D eigenvalue weighted by atomic mass is 10.0. The van der Waals surface area contributed by atoms with Gasteiger partial charge in [0.05, 0.1) is 0 Å². The molecule has 0 saturated heterocycles. The smallest absolute Gasteiger partial charge is 0.237 e. The second kappa shape index (κ2) is 27.8. The summed E-state index contributed by atoms with van der Waals surface area (Å²) in [4.78, 5) is 0. The first-order valence-corrected chi connectivity index (χ1v) is 18.0. The van der Waals surface area contributed by atoms with Gasteiger partial charge in [-0.15, -0.1) is 0 Å². The summed E-state index contributed by atoms with van der Waals surface area (Å²) in [6.45, 7) is 0.369. The number of aliphatic hydroxyl groups is 1. The molecule has 4 heteroatoms. The third-order valence-corrected chi connectivity index (χ3v) is 8.48. The van der Waals surface area contributed by atoms with Gasteiger partial charge in [0.2, 0.25) is 7.42 Å². The van der Waals surface area contributed by atoms with Gasteiger partial charge in [0.1, 0.15) is 0 Å². The Balaban J connectivity index is 2.99. The van der Waals surface area contributed by atoms with E-state index in [0.717, 1.165) is 12.5 Å². The van der Waals surface area contributed by atoms with Gasteiger partial charge in [-0.25, -0.2) is 0 Å². The van der Waals surface area contributed by atoms with Gasteiger partial charge in [-0.1, -0.05) is 148 Å². The molecule has 182 valence electrons. The van der Waals surface area contributed by atoms with E-state index in [0.29, 0.717) is 6.61 Å². The predicted molar refractivity (Wildman–Crippen MR) is 142 cm³/mol. The molecule has 0 spiro atoms. The van der Waals surface area contributed by atoms with E-state index < -0.39 is 7.42 Å². The molecule has 0 aromatic rings. The predicted octanol–water partition coefficient (Wildman–Crippen LogP) is 10.0. The molecule has 0 unspecified atom stereocenters. The minimum absolute atomic E-state index is 0.369. The highest BCUT2D eigenvalue weighted by molar-refractivity contribution is 7.33. The van der Waals surface area contributed by atoms with E-state index in [4.69, 9.17) is 27.3 Å². The molecule has 0 radical (unpaired) electrons. The molecule has 30 heavy (non-hydrogen) atoms. The van der Waals surface area contributed by atoms with Crippen LogP contribution in [0, 0.1) is 0 Å². The summed E-state index contributed by atoms with van der Waals surface area (Å²) >= 11 is 11.8. The Bertz CT molecular complexity index is 303. The molecule has 0 atom stereocenters. The van der Waals surface area contributed by atoms with Crippen molar-refractivity contribution >= 4 is 29.6 Å². The molecule has 0 heterocycles. The molecule has 0 aliphatic heterocycles. The Morgan fingerprint density at radius 2 is 0.533 bits per heavy atom. The third-order valence-electron chi connectivity index (χ3n) is 6.33. The zero-order chi connectivity index (χ0) is 22.0. The summed E-state index contributed by atoms with van der Waals surface area (Å²) in [6.07, 6.45) is 33.4. The average Bonchev–Trinajstić information content (AvgIpc) is 2.73. The fraction of sp³-hybridized carbons (Fsp3) is 1.00. The Labute approximate surface area is 201 Å². The molecule has 0 aliphatic rings. The molecule has 0 amide bonds. The quantitative estimate of drug-likeness (QED) is 0.0740. The van der Waals surface area contributed by atoms with Crippen molar-refractivity contribution in [1.29, 1.82) is 0 Å². The van der Waals surface area contributed by atoms with Crippen LogP contribution in [0.2, 0.25) is 6.04 Å². The van der Waals surface area contributed by atoms with Crippen molar-refractivity contribution in [3.8, 4) is 0 Å². The molecular weight excluding hydrogens is 427 g/mol. The van der Waals surface area contributed by atoms with E-state index >= 15 is 0 Å². The van der Waals surface area contributed by atoms with Crippen LogP contribution in [0.15, 0.2) is 0 Å². The molecule has 1 nitrogen and oxygen atoms in total. The summed E-state index contributed by atoms with van der Waals surface area (Å²) in [6, 6.07) is 1.09. The van der Waals surface area contributed by atoms with Gasteiger partial charge in [0.15, 0.2) is 0 Å². The van der Waals surface area contributed by atoms with Crippen molar-refractivity contribution in [1.82, 2.24) is 0 Å². The van der Waals surface area contributed by atoms with E-state index in [1.165, 1.54) is 148 Å². The Morgan fingerprint density at radius 3 is 0.733 bits per heavy atom. The van der Waals surface area contributed by atoms with Gasteiger partial charge in [-0.05, 0) is 12.5 Å². The van der Waals surface area contributed by atoms with Crippen LogP contribution < -0.4 is 0 Å². The van der Waals surface area contributed by atoms with Crippen molar-refractivity contribution in [2.45, 2.75) is 160 Å². The summed E-state index contributed by atoms with van der Waals surface area (Å²) < 4.78 is 0. The molecule has 1 N–H and O–H groups in total. The molecule has 0 bridgehead atoms. The van der Waals surface area contributed by atoms with Crippen molar-refractivity contribution in [3.63, 3.8) is 0 Å². The zero-order valence-electron chi connectivity index (χ0n) is 20.2. The second-order valence-corrected chi connectivity index (χ2v) is 14.6. The average molecular weight is 482 g/mol. The van der Waals surface area contributed by atoms with Crippen LogP contribution in [0.3, 0.4) is 0 Å². The maximum atomic E-state index is 8.75. The normalized spacial score (nSPS) is 11.6. The minimum Gasteiger partial charge on any atom is -0.396 e. The molecule has 0 rings (SSSR count). The highest BCUT2D eigenvalue weighted by atomic mass is 35.7. The van der Waals surface area contributed by atoms with Crippen LogP contribution in [0.4, 0.5) is 0 Å². The fourth-order valence-corrected chi connectivity index (χ4v) is 5.82. The van der Waals surface area contributed by atoms with Gasteiger partial charge in [0, 0.05) is 6.61 Å². The van der Waals surface area contributed by atoms with Crippen molar-refractivity contribution in [2.24, 2.45) is 0 Å². The Kier molecular flexibility index (Phi) is 28.5. The standard InChI is InChI=1S/C26H54Cl2OSi/c27-30(28)26-24-22-20-18-16-14-12-10-8-6-4-2-1-3-5-7-9-11-13-15-17-19-21-23-25-29/h29-30H,1-26H2. The minimum atomic E-state index is -1.34. The highest BCUT2D eigenvalue weighted by Gasteiger charge is 2.00. The maximum Gasteiger partial charge on any atom is 0.237 e. The zero-order valence-corrected chi connectivity index (χ0v) is 22.8. The van der Waals surface area contributed by atoms with E-state index in [2.05, 4.69) is 0 Å². The summed E-state index contributed by atoms with van der Waals surface area (Å²) in [7, 11) is -1.34. The lowest BCUT2D eigenvalue weighted by Gasteiger charge is -2.04. The first kappa shape index (κ1) is 30.8. The molecule has 0 aliphatic carbocycles. The number of hydrogen-bond acceptors (Lipinski definition) is 1. The summed E-state index contributed by atoms with van der Waals surface area (Å²) in [5.41, 5.74) is 0. The van der Waals surface area contributed by atoms with Gasteiger partial charge in [0.25, 0.3) is 0 Å². The van der Waals surface area contributed by atoms with Gasteiger partial charge in [-0.2, -0.15) is 22.2 Å². The molecular formula is C26H54Cl2OSi. The maximum absolute atomic E-state index is 8.75. The van der Waals surface area contributed by atoms with Crippen molar-refractivity contribution in [2.75, 3.05) is 6.61 Å². The topological polar surface area (TPSA) is 20.2 Å². The van der Waals surface area contributed by atoms with Gasteiger partial charge in [-0.3, -0.25) is 0 Å². The molecule has 0 saturated carbocycles. The first-order chi connectivity index (χ1) is 14.8. The van der Waals surface area contributed by atoms with Crippen LogP contribution in [0.1, 0.15) is 154 Å². The fourth-order valence-electron chi connectivity index (χ4n) is 4.30. The lowest BCUT2D eigenvalue weighted by Crippen LogP contribution is -1.91. The van der Waals surface area contributed by atoms with Crippen LogP contribution in [0.25, 0.3) is 0 Å². The Hall–Kier alpha value is 0.757. The molecule has 0 aromatic heterocycles. The van der Waals surface area contributed by atoms with Crippen LogP contribution >= 0.6 is 22.2 Å². The van der Waals surface area contributed by atoms with Gasteiger partial charge < -0.3 is 5.11 Å². The number of unbranched alkanes of at least 4 members (excludes halogenated alkanes) is 23. The summed E-state index contributed by atoms with van der Waals surface area (Å²) in [5, 5.41) is 8.75. The summed E-state index contributed by atoms with van der Waals surface area (Å²) in [5.74, 6) is 0. The van der Waals surface area contributed by atoms with Crippen LogP contribution in [-0.4, -0.2) is 19.1 Å². The van der Waals surface area contributed by atoms with Crippen LogP contribution in [0.5, 0.6) is 0 Å². The number of halogens is 2. The van der Waals surface area contributed by atoms with E-state index in [9.17, 15) is 0 Å². The number of aliphatic hydroxyl groups excluding tert-OH is 1. The van der Waals surface area contributed by atoms with Crippen molar-refractivity contribution in [3.05, 3.63) is 0 Å². The number of hydrogen-bond donors (Lipinski definition) is 1. The lowest BCUT2D eigenvalue weighted by molar-refractivity contribution is 0.282. The second-order valence-electron chi connectivity index (χ2n) is 9.39.